The first-order chi connectivity index (χ1) is 9.91. The van der Waals surface area contributed by atoms with E-state index in [0.29, 0.717) is 24.7 Å². The second-order valence-corrected chi connectivity index (χ2v) is 6.86. The quantitative estimate of drug-likeness (QED) is 0.464. The van der Waals surface area contributed by atoms with Crippen LogP contribution in [0.4, 0.5) is 5.69 Å². The van der Waals surface area contributed by atoms with Gasteiger partial charge in [-0.15, -0.1) is 0 Å². The van der Waals surface area contributed by atoms with Crippen LogP contribution in [0.3, 0.4) is 0 Å². The second kappa shape index (κ2) is 6.63. The topological polar surface area (TPSA) is 81.1 Å². The summed E-state index contributed by atoms with van der Waals surface area (Å²) in [7, 11) is -1.85. The Balaban J connectivity index is 1.99. The fourth-order valence-electron chi connectivity index (χ4n) is 1.82. The zero-order valence-electron chi connectivity index (χ0n) is 12.0. The summed E-state index contributed by atoms with van der Waals surface area (Å²) in [6.45, 7) is 1.02. The van der Waals surface area contributed by atoms with E-state index < -0.39 is 10.1 Å². The average molecular weight is 331 g/mol. The highest BCUT2D eigenvalue weighted by Crippen LogP contribution is 2.22. The number of hydrogen-bond acceptors (Lipinski definition) is 7. The van der Waals surface area contributed by atoms with Crippen molar-refractivity contribution in [2.24, 2.45) is 4.99 Å². The number of pyridine rings is 1. The van der Waals surface area contributed by atoms with Gasteiger partial charge < -0.3 is 9.64 Å². The fourth-order valence-corrected chi connectivity index (χ4v) is 3.04. The van der Waals surface area contributed by atoms with Crippen molar-refractivity contribution in [2.45, 2.75) is 6.10 Å². The number of ether oxygens (including phenoxy) is 1. The Hall–Kier alpha value is -1.32. The summed E-state index contributed by atoms with van der Waals surface area (Å²) in [6, 6.07) is 3.55. The van der Waals surface area contributed by atoms with Gasteiger partial charge in [-0.1, -0.05) is 11.8 Å². The van der Waals surface area contributed by atoms with Gasteiger partial charge in [0.15, 0.2) is 5.17 Å². The van der Waals surface area contributed by atoms with Gasteiger partial charge in [0.25, 0.3) is 10.1 Å². The minimum Gasteiger partial charge on any atom is -0.481 e. The van der Waals surface area contributed by atoms with Crippen molar-refractivity contribution in [1.82, 2.24) is 9.88 Å². The third-order valence-corrected chi connectivity index (χ3v) is 4.10. The van der Waals surface area contributed by atoms with E-state index in [1.807, 2.05) is 17.2 Å². The van der Waals surface area contributed by atoms with Crippen LogP contribution in [0.5, 0.6) is 5.88 Å². The van der Waals surface area contributed by atoms with Gasteiger partial charge in [-0.3, -0.25) is 4.18 Å². The molecule has 0 N–H and O–H groups in total. The van der Waals surface area contributed by atoms with Crippen molar-refractivity contribution >= 4 is 32.7 Å². The Kier molecular flexibility index (Phi) is 5.07. The Morgan fingerprint density at radius 3 is 2.67 bits per heavy atom. The molecule has 1 aliphatic rings. The molecule has 0 unspecified atom stereocenters. The van der Waals surface area contributed by atoms with Crippen LogP contribution in [-0.4, -0.2) is 62.3 Å². The second-order valence-electron chi connectivity index (χ2n) is 4.48. The highest BCUT2D eigenvalue weighted by Gasteiger charge is 2.32. The summed E-state index contributed by atoms with van der Waals surface area (Å²) < 4.78 is 32.0. The molecule has 2 heterocycles. The third-order valence-electron chi connectivity index (χ3n) is 2.77. The number of rotatable bonds is 4. The van der Waals surface area contributed by atoms with Crippen LogP contribution in [-0.2, 0) is 14.3 Å². The highest BCUT2D eigenvalue weighted by atomic mass is 32.2. The Bertz CT molecular complexity index is 610. The van der Waals surface area contributed by atoms with Gasteiger partial charge in [0, 0.05) is 19.2 Å². The molecule has 0 aromatic carbocycles. The number of amidine groups is 1. The number of likely N-dealkylation sites (tertiary alicyclic amines) is 1. The molecule has 9 heteroatoms. The molecule has 7 nitrogen and oxygen atoms in total. The Labute approximate surface area is 128 Å². The summed E-state index contributed by atoms with van der Waals surface area (Å²) in [5.74, 6) is 0.533. The molecule has 0 amide bonds. The molecule has 0 atom stereocenters. The molecular weight excluding hydrogens is 314 g/mol. The average Bonchev–Trinajstić information content (AvgIpc) is 2.40. The van der Waals surface area contributed by atoms with Crippen molar-refractivity contribution in [3.05, 3.63) is 18.3 Å². The molecule has 1 aliphatic heterocycles. The summed E-state index contributed by atoms with van der Waals surface area (Å²) in [5, 5.41) is 0.801. The lowest BCUT2D eigenvalue weighted by Crippen LogP contribution is -2.54. The Morgan fingerprint density at radius 2 is 2.19 bits per heavy atom. The highest BCUT2D eigenvalue weighted by molar-refractivity contribution is 8.13. The Morgan fingerprint density at radius 1 is 1.48 bits per heavy atom. The first kappa shape index (κ1) is 16.1. The minimum atomic E-state index is -3.40. The van der Waals surface area contributed by atoms with E-state index in [4.69, 9.17) is 8.92 Å². The van der Waals surface area contributed by atoms with Crippen molar-refractivity contribution in [3.63, 3.8) is 0 Å². The van der Waals surface area contributed by atoms with Gasteiger partial charge in [0.05, 0.1) is 25.2 Å². The molecule has 1 aromatic rings. The monoisotopic (exact) mass is 331 g/mol. The maximum absolute atomic E-state index is 11.0. The third kappa shape index (κ3) is 4.58. The zero-order chi connectivity index (χ0) is 15.5. The van der Waals surface area contributed by atoms with E-state index in [9.17, 15) is 8.42 Å². The minimum absolute atomic E-state index is 0.300. The van der Waals surface area contributed by atoms with Crippen molar-refractivity contribution in [3.8, 4) is 5.88 Å². The predicted molar refractivity (Wildman–Crippen MR) is 82.7 cm³/mol. The summed E-state index contributed by atoms with van der Waals surface area (Å²) >= 11 is 1.49. The van der Waals surface area contributed by atoms with Crippen LogP contribution in [0.1, 0.15) is 0 Å². The van der Waals surface area contributed by atoms with Crippen molar-refractivity contribution in [1.29, 1.82) is 0 Å². The molecular formula is C12H17N3O4S2. The lowest BCUT2D eigenvalue weighted by molar-refractivity contribution is 0.0767. The van der Waals surface area contributed by atoms with Gasteiger partial charge in [0.1, 0.15) is 6.10 Å². The van der Waals surface area contributed by atoms with Crippen molar-refractivity contribution in [2.75, 3.05) is 32.7 Å². The number of aromatic nitrogens is 1. The molecule has 0 spiro atoms. The van der Waals surface area contributed by atoms with E-state index in [0.717, 1.165) is 11.4 Å². The predicted octanol–water partition coefficient (Wildman–Crippen LogP) is 1.10. The molecule has 0 bridgehead atoms. The van der Waals surface area contributed by atoms with Crippen LogP contribution >= 0.6 is 11.8 Å². The maximum Gasteiger partial charge on any atom is 0.264 e. The summed E-state index contributed by atoms with van der Waals surface area (Å²) in [5.41, 5.74) is 0.715. The van der Waals surface area contributed by atoms with Crippen molar-refractivity contribution < 1.29 is 17.3 Å². The van der Waals surface area contributed by atoms with Crippen LogP contribution in [0.15, 0.2) is 23.3 Å². The van der Waals surface area contributed by atoms with E-state index in [2.05, 4.69) is 9.98 Å². The molecule has 1 fully saturated rings. The first-order valence-corrected chi connectivity index (χ1v) is 9.21. The molecule has 0 saturated carbocycles. The van der Waals surface area contributed by atoms with Gasteiger partial charge in [-0.05, 0) is 12.3 Å². The number of hydrogen-bond donors (Lipinski definition) is 0. The van der Waals surface area contributed by atoms with Gasteiger partial charge in [-0.25, -0.2) is 9.98 Å². The molecule has 21 heavy (non-hydrogen) atoms. The standard InChI is InChI=1S/C12H17N3O4S2/c1-18-11-5-4-9(6-13-11)14-12(20-2)15-7-10(8-15)19-21(3,16)17/h4-6,10H,7-8H2,1-3H3/b14-12+. The summed E-state index contributed by atoms with van der Waals surface area (Å²) in [4.78, 5) is 10.5. The lowest BCUT2D eigenvalue weighted by Gasteiger charge is -2.39. The smallest absolute Gasteiger partial charge is 0.264 e. The van der Waals surface area contributed by atoms with E-state index in [1.165, 1.54) is 11.8 Å². The number of nitrogens with zero attached hydrogens (tertiary/aromatic N) is 3. The number of aliphatic imine (C=N–C) groups is 1. The molecule has 1 saturated heterocycles. The number of thioether (sulfide) groups is 1. The maximum atomic E-state index is 11.0. The zero-order valence-corrected chi connectivity index (χ0v) is 13.6. The van der Waals surface area contributed by atoms with Gasteiger partial charge in [-0.2, -0.15) is 8.42 Å². The van der Waals surface area contributed by atoms with E-state index in [1.54, 1.807) is 19.4 Å². The molecule has 116 valence electrons. The van der Waals surface area contributed by atoms with Crippen LogP contribution in [0.25, 0.3) is 0 Å². The van der Waals surface area contributed by atoms with Crippen LogP contribution < -0.4 is 4.74 Å². The molecule has 1 aromatic heterocycles. The van der Waals surface area contributed by atoms with Gasteiger partial charge in [0.2, 0.25) is 5.88 Å². The lowest BCUT2D eigenvalue weighted by atomic mass is 10.2. The van der Waals surface area contributed by atoms with Crippen LogP contribution in [0.2, 0.25) is 0 Å². The molecule has 2 rings (SSSR count). The largest absolute Gasteiger partial charge is 0.481 e. The van der Waals surface area contributed by atoms with Gasteiger partial charge >= 0.3 is 0 Å². The normalized spacial score (nSPS) is 16.7. The SMILES string of the molecule is COc1ccc(/N=C(/SC)N2CC(OS(C)(=O)=O)C2)cn1. The first-order valence-electron chi connectivity index (χ1n) is 6.17. The van der Waals surface area contributed by atoms with E-state index >= 15 is 0 Å². The molecule has 0 aliphatic carbocycles. The number of methoxy groups -OCH3 is 1. The van der Waals surface area contributed by atoms with E-state index in [-0.39, 0.29) is 6.10 Å². The van der Waals surface area contributed by atoms with Crippen LogP contribution in [0, 0.1) is 0 Å². The molecule has 0 radical (unpaired) electrons. The fraction of sp³-hybridized carbons (Fsp3) is 0.500. The summed E-state index contributed by atoms with van der Waals surface area (Å²) in [6.07, 6.45) is 4.30.